The summed E-state index contributed by atoms with van der Waals surface area (Å²) in [5.74, 6) is 0. The number of nitrogens with one attached hydrogen (secondary N) is 1. The molecule has 2 heterocycles. The van der Waals surface area contributed by atoms with Crippen molar-refractivity contribution < 1.29 is 13.2 Å². The molecular weight excluding hydrogens is 301 g/mol. The summed E-state index contributed by atoms with van der Waals surface area (Å²) in [5.41, 5.74) is 1.70. The molecule has 0 aliphatic carbocycles. The number of hydrogen-bond acceptors (Lipinski definition) is 4. The molecule has 0 saturated carbocycles. The minimum absolute atomic E-state index is 0.329. The fourth-order valence-electron chi connectivity index (χ4n) is 2.16. The second-order valence-electron chi connectivity index (χ2n) is 4.58. The zero-order valence-corrected chi connectivity index (χ0v) is 12.8. The quantitative estimate of drug-likeness (QED) is 0.919. The van der Waals surface area contributed by atoms with Crippen LogP contribution in [-0.2, 0) is 12.7 Å². The van der Waals surface area contributed by atoms with Gasteiger partial charge in [0.05, 0.1) is 17.4 Å². The van der Waals surface area contributed by atoms with Crippen molar-refractivity contribution in [1.29, 1.82) is 0 Å². The molecule has 0 aliphatic rings. The smallest absolute Gasteiger partial charge is 0.305 e. The Morgan fingerprint density at radius 3 is 2.62 bits per heavy atom. The summed E-state index contributed by atoms with van der Waals surface area (Å²) in [6.45, 7) is 7.03. The van der Waals surface area contributed by atoms with Gasteiger partial charge in [-0.25, -0.2) is 4.98 Å². The molecule has 8 heteroatoms. The first kappa shape index (κ1) is 16.0. The largest absolute Gasteiger partial charge is 0.443 e. The van der Waals surface area contributed by atoms with E-state index >= 15 is 0 Å². The summed E-state index contributed by atoms with van der Waals surface area (Å²) < 4.78 is 39.9. The minimum Gasteiger partial charge on any atom is -0.305 e. The van der Waals surface area contributed by atoms with Crippen LogP contribution in [0.25, 0.3) is 0 Å². The Morgan fingerprint density at radius 1 is 1.38 bits per heavy atom. The molecule has 1 atom stereocenters. The van der Waals surface area contributed by atoms with Crippen LogP contribution in [0, 0.1) is 6.92 Å². The average Bonchev–Trinajstić information content (AvgIpc) is 3.01. The SMILES string of the molecule is CCNC(c1cnc(C(F)(F)F)s1)c1cc(C)nn1CC. The first-order valence-corrected chi connectivity index (χ1v) is 7.49. The Bertz CT molecular complexity index is 603. The van der Waals surface area contributed by atoms with E-state index in [1.165, 1.54) is 6.20 Å². The molecule has 0 fully saturated rings. The normalized spacial score (nSPS) is 13.6. The number of halogens is 3. The summed E-state index contributed by atoms with van der Waals surface area (Å²) >= 11 is 0.671. The van der Waals surface area contributed by atoms with Gasteiger partial charge >= 0.3 is 6.18 Å². The van der Waals surface area contributed by atoms with Crippen LogP contribution in [0.5, 0.6) is 0 Å². The molecule has 0 bridgehead atoms. The van der Waals surface area contributed by atoms with Crippen LogP contribution < -0.4 is 5.32 Å². The van der Waals surface area contributed by atoms with Crippen LogP contribution in [0.1, 0.15) is 41.2 Å². The average molecular weight is 318 g/mol. The molecule has 1 unspecified atom stereocenters. The van der Waals surface area contributed by atoms with E-state index in [0.717, 1.165) is 11.4 Å². The molecular formula is C13H17F3N4S. The molecule has 2 aromatic heterocycles. The van der Waals surface area contributed by atoms with E-state index in [-0.39, 0.29) is 6.04 Å². The summed E-state index contributed by atoms with van der Waals surface area (Å²) in [4.78, 5) is 4.04. The van der Waals surface area contributed by atoms with Crippen LogP contribution in [-0.4, -0.2) is 21.3 Å². The van der Waals surface area contributed by atoms with Gasteiger partial charge in [0, 0.05) is 17.6 Å². The van der Waals surface area contributed by atoms with Gasteiger partial charge in [-0.15, -0.1) is 11.3 Å². The third kappa shape index (κ3) is 3.44. The van der Waals surface area contributed by atoms with Gasteiger partial charge in [-0.2, -0.15) is 18.3 Å². The second-order valence-corrected chi connectivity index (χ2v) is 5.64. The number of rotatable bonds is 5. The predicted molar refractivity (Wildman–Crippen MR) is 75.3 cm³/mol. The van der Waals surface area contributed by atoms with Crippen molar-refractivity contribution in [2.24, 2.45) is 0 Å². The standard InChI is InChI=1S/C13H17F3N4S/c1-4-17-11(9-6-8(3)19-20(9)5-2)10-7-18-12(21-10)13(14,15)16/h6-7,11,17H,4-5H2,1-3H3. The monoisotopic (exact) mass is 318 g/mol. The zero-order valence-electron chi connectivity index (χ0n) is 12.0. The fraction of sp³-hybridized carbons (Fsp3) is 0.538. The van der Waals surface area contributed by atoms with E-state index < -0.39 is 11.2 Å². The summed E-state index contributed by atoms with van der Waals surface area (Å²) in [5, 5.41) is 6.74. The highest BCUT2D eigenvalue weighted by atomic mass is 32.1. The van der Waals surface area contributed by atoms with Crippen LogP contribution in [0.15, 0.2) is 12.3 Å². The molecule has 4 nitrogen and oxygen atoms in total. The lowest BCUT2D eigenvalue weighted by Crippen LogP contribution is -2.24. The number of aryl methyl sites for hydroxylation is 2. The number of thiazole rings is 1. The molecule has 21 heavy (non-hydrogen) atoms. The van der Waals surface area contributed by atoms with Crippen molar-refractivity contribution in [1.82, 2.24) is 20.1 Å². The zero-order chi connectivity index (χ0) is 15.6. The fourth-order valence-corrected chi connectivity index (χ4v) is 3.03. The molecule has 2 rings (SSSR count). The van der Waals surface area contributed by atoms with Gasteiger partial charge in [-0.3, -0.25) is 4.68 Å². The highest BCUT2D eigenvalue weighted by molar-refractivity contribution is 7.11. The Balaban J connectivity index is 2.41. The Hall–Kier alpha value is -1.41. The molecule has 0 spiro atoms. The van der Waals surface area contributed by atoms with Gasteiger partial charge < -0.3 is 5.32 Å². The maximum atomic E-state index is 12.7. The molecule has 0 saturated heterocycles. The number of alkyl halides is 3. The van der Waals surface area contributed by atoms with Gasteiger partial charge in [0.25, 0.3) is 0 Å². The lowest BCUT2D eigenvalue weighted by Gasteiger charge is -2.17. The first-order valence-electron chi connectivity index (χ1n) is 6.67. The van der Waals surface area contributed by atoms with Crippen LogP contribution in [0.4, 0.5) is 13.2 Å². The van der Waals surface area contributed by atoms with E-state index in [2.05, 4.69) is 15.4 Å². The third-order valence-corrected chi connectivity index (χ3v) is 4.09. The van der Waals surface area contributed by atoms with E-state index in [1.54, 1.807) is 4.68 Å². The minimum atomic E-state index is -4.40. The summed E-state index contributed by atoms with van der Waals surface area (Å²) in [6, 6.07) is 1.56. The lowest BCUT2D eigenvalue weighted by molar-refractivity contribution is -0.137. The lowest BCUT2D eigenvalue weighted by atomic mass is 10.1. The van der Waals surface area contributed by atoms with Crippen molar-refractivity contribution in [2.75, 3.05) is 6.54 Å². The van der Waals surface area contributed by atoms with Crippen LogP contribution >= 0.6 is 11.3 Å². The molecule has 1 N–H and O–H groups in total. The van der Waals surface area contributed by atoms with Crippen LogP contribution in [0.2, 0.25) is 0 Å². The Kier molecular flexibility index (Phi) is 4.67. The van der Waals surface area contributed by atoms with E-state index in [4.69, 9.17) is 0 Å². The molecule has 0 amide bonds. The van der Waals surface area contributed by atoms with E-state index in [9.17, 15) is 13.2 Å². The Labute approximate surface area is 125 Å². The molecule has 116 valence electrons. The number of nitrogens with zero attached hydrogens (tertiary/aromatic N) is 3. The van der Waals surface area contributed by atoms with Crippen molar-refractivity contribution in [3.63, 3.8) is 0 Å². The van der Waals surface area contributed by atoms with Gasteiger partial charge in [-0.1, -0.05) is 6.92 Å². The molecule has 0 aliphatic heterocycles. The highest BCUT2D eigenvalue weighted by Gasteiger charge is 2.35. The topological polar surface area (TPSA) is 42.7 Å². The summed E-state index contributed by atoms with van der Waals surface area (Å²) in [6.07, 6.45) is -3.11. The molecule has 2 aromatic rings. The highest BCUT2D eigenvalue weighted by Crippen LogP contribution is 2.36. The van der Waals surface area contributed by atoms with Crippen molar-refractivity contribution in [3.05, 3.63) is 33.5 Å². The predicted octanol–water partition coefficient (Wildman–Crippen LogP) is 3.39. The maximum Gasteiger partial charge on any atom is 0.443 e. The van der Waals surface area contributed by atoms with Crippen molar-refractivity contribution in [2.45, 2.75) is 39.5 Å². The molecule has 0 aromatic carbocycles. The van der Waals surface area contributed by atoms with Crippen molar-refractivity contribution >= 4 is 11.3 Å². The Morgan fingerprint density at radius 2 is 2.10 bits per heavy atom. The number of aromatic nitrogens is 3. The van der Waals surface area contributed by atoms with Gasteiger partial charge in [0.1, 0.15) is 0 Å². The van der Waals surface area contributed by atoms with Crippen molar-refractivity contribution in [3.8, 4) is 0 Å². The molecule has 0 radical (unpaired) electrons. The maximum absolute atomic E-state index is 12.7. The summed E-state index contributed by atoms with van der Waals surface area (Å²) in [7, 11) is 0. The second kappa shape index (κ2) is 6.15. The number of hydrogen-bond donors (Lipinski definition) is 1. The van der Waals surface area contributed by atoms with Crippen LogP contribution in [0.3, 0.4) is 0 Å². The van der Waals surface area contributed by atoms with Gasteiger partial charge in [0.15, 0.2) is 5.01 Å². The van der Waals surface area contributed by atoms with E-state index in [0.29, 0.717) is 29.3 Å². The first-order chi connectivity index (χ1) is 9.86. The van der Waals surface area contributed by atoms with Gasteiger partial charge in [0.2, 0.25) is 0 Å². The van der Waals surface area contributed by atoms with Gasteiger partial charge in [-0.05, 0) is 26.5 Å². The third-order valence-electron chi connectivity index (χ3n) is 2.99. The van der Waals surface area contributed by atoms with E-state index in [1.807, 2.05) is 26.8 Å².